The van der Waals surface area contributed by atoms with Gasteiger partial charge < -0.3 is 15.4 Å². The largest absolute Gasteiger partial charge is 0.484 e. The van der Waals surface area contributed by atoms with Crippen LogP contribution in [0.25, 0.3) is 0 Å². The minimum atomic E-state index is -0.340. The molecule has 2 N–H and O–H groups in total. The lowest BCUT2D eigenvalue weighted by molar-refractivity contribution is -0.124. The third-order valence-electron chi connectivity index (χ3n) is 3.83. The molecule has 0 heterocycles. The highest BCUT2D eigenvalue weighted by Crippen LogP contribution is 2.25. The zero-order valence-corrected chi connectivity index (χ0v) is 16.0. The highest BCUT2D eigenvalue weighted by atomic mass is 35.5. The number of rotatable bonds is 8. The van der Waals surface area contributed by atoms with E-state index in [1.54, 1.807) is 24.3 Å². The molecule has 144 valence electrons. The van der Waals surface area contributed by atoms with E-state index in [2.05, 4.69) is 10.6 Å². The monoisotopic (exact) mass is 392 g/mol. The Morgan fingerprint density at radius 3 is 2.15 bits per heavy atom. The van der Waals surface area contributed by atoms with Crippen molar-refractivity contribution >= 4 is 23.4 Å². The van der Waals surface area contributed by atoms with E-state index in [1.807, 2.05) is 13.8 Å². The van der Waals surface area contributed by atoms with Crippen LogP contribution in [0.3, 0.4) is 0 Å². The Bertz CT molecular complexity index is 786. The van der Waals surface area contributed by atoms with Crippen LogP contribution in [0.1, 0.15) is 16.7 Å². The summed E-state index contributed by atoms with van der Waals surface area (Å²) in [6.45, 7) is 4.21. The molecule has 7 heteroatoms. The molecule has 27 heavy (non-hydrogen) atoms. The van der Waals surface area contributed by atoms with Crippen molar-refractivity contribution in [3.8, 4) is 5.75 Å². The van der Waals surface area contributed by atoms with Crippen LogP contribution in [0, 0.1) is 19.7 Å². The van der Waals surface area contributed by atoms with Crippen LogP contribution in [0.5, 0.6) is 5.75 Å². The van der Waals surface area contributed by atoms with Gasteiger partial charge in [-0.15, -0.1) is 0 Å². The number of ether oxygens (including phenoxy) is 1. The first-order valence-corrected chi connectivity index (χ1v) is 8.90. The predicted octanol–water partition coefficient (Wildman–Crippen LogP) is 2.95. The average molecular weight is 393 g/mol. The fraction of sp³-hybridized carbons (Fsp3) is 0.300. The zero-order chi connectivity index (χ0) is 19.8. The van der Waals surface area contributed by atoms with Gasteiger partial charge in [0.05, 0.1) is 6.42 Å². The molecule has 0 aliphatic rings. The summed E-state index contributed by atoms with van der Waals surface area (Å²) in [5.41, 5.74) is 2.49. The Morgan fingerprint density at radius 1 is 1.00 bits per heavy atom. The van der Waals surface area contributed by atoms with Crippen LogP contribution in [-0.2, 0) is 16.0 Å². The van der Waals surface area contributed by atoms with Gasteiger partial charge in [0, 0.05) is 18.1 Å². The predicted molar refractivity (Wildman–Crippen MR) is 103 cm³/mol. The minimum Gasteiger partial charge on any atom is -0.484 e. The summed E-state index contributed by atoms with van der Waals surface area (Å²) >= 11 is 6.09. The molecule has 2 aromatic carbocycles. The van der Waals surface area contributed by atoms with Crippen molar-refractivity contribution in [2.24, 2.45) is 0 Å². The third-order valence-corrected chi connectivity index (χ3v) is 4.42. The van der Waals surface area contributed by atoms with Crippen LogP contribution in [-0.4, -0.2) is 31.5 Å². The van der Waals surface area contributed by atoms with E-state index in [0.717, 1.165) is 16.7 Å². The zero-order valence-electron chi connectivity index (χ0n) is 15.3. The number of hydrogen-bond acceptors (Lipinski definition) is 3. The molecule has 0 fully saturated rings. The SMILES string of the molecule is Cc1cc(OCC(=O)NCCNC(=O)Cc2ccc(F)cc2)cc(C)c1Cl. The first-order valence-electron chi connectivity index (χ1n) is 8.52. The molecule has 0 aliphatic heterocycles. The van der Waals surface area contributed by atoms with Crippen LogP contribution in [0.4, 0.5) is 4.39 Å². The van der Waals surface area contributed by atoms with Crippen LogP contribution >= 0.6 is 11.6 Å². The van der Waals surface area contributed by atoms with Gasteiger partial charge in [-0.2, -0.15) is 0 Å². The fourth-order valence-electron chi connectivity index (χ4n) is 2.44. The number of aryl methyl sites for hydroxylation is 2. The van der Waals surface area contributed by atoms with Crippen molar-refractivity contribution in [1.82, 2.24) is 10.6 Å². The van der Waals surface area contributed by atoms with E-state index in [4.69, 9.17) is 16.3 Å². The summed E-state index contributed by atoms with van der Waals surface area (Å²) in [5, 5.41) is 6.04. The highest BCUT2D eigenvalue weighted by Gasteiger charge is 2.07. The molecule has 0 atom stereocenters. The van der Waals surface area contributed by atoms with E-state index in [9.17, 15) is 14.0 Å². The molecule has 0 aromatic heterocycles. The second kappa shape index (κ2) is 9.92. The molecule has 0 radical (unpaired) electrons. The van der Waals surface area contributed by atoms with Gasteiger partial charge in [-0.25, -0.2) is 4.39 Å². The summed E-state index contributed by atoms with van der Waals surface area (Å²) < 4.78 is 18.3. The van der Waals surface area contributed by atoms with Crippen molar-refractivity contribution in [2.75, 3.05) is 19.7 Å². The Kier molecular flexibility index (Phi) is 7.61. The molecule has 0 unspecified atom stereocenters. The first-order chi connectivity index (χ1) is 12.8. The highest BCUT2D eigenvalue weighted by molar-refractivity contribution is 6.32. The number of carbonyl (C=O) groups is 2. The van der Waals surface area contributed by atoms with Gasteiger partial charge >= 0.3 is 0 Å². The maximum atomic E-state index is 12.8. The quantitative estimate of drug-likeness (QED) is 0.679. The van der Waals surface area contributed by atoms with Gasteiger partial charge in [-0.3, -0.25) is 9.59 Å². The van der Waals surface area contributed by atoms with Crippen LogP contribution < -0.4 is 15.4 Å². The maximum Gasteiger partial charge on any atom is 0.258 e. The van der Waals surface area contributed by atoms with E-state index in [-0.39, 0.29) is 37.2 Å². The lowest BCUT2D eigenvalue weighted by atomic mass is 10.1. The van der Waals surface area contributed by atoms with Crippen molar-refractivity contribution in [1.29, 1.82) is 0 Å². The molecule has 0 spiro atoms. The second-order valence-electron chi connectivity index (χ2n) is 6.16. The molecule has 5 nitrogen and oxygen atoms in total. The summed E-state index contributed by atoms with van der Waals surface area (Å²) in [6.07, 6.45) is 0.159. The molecule has 2 rings (SSSR count). The van der Waals surface area contributed by atoms with Crippen molar-refractivity contribution in [3.63, 3.8) is 0 Å². The van der Waals surface area contributed by atoms with Gasteiger partial charge in [0.15, 0.2) is 6.61 Å². The van der Waals surface area contributed by atoms with E-state index < -0.39 is 0 Å². The van der Waals surface area contributed by atoms with Crippen LogP contribution in [0.15, 0.2) is 36.4 Å². The molecule has 0 saturated heterocycles. The van der Waals surface area contributed by atoms with Crippen molar-refractivity contribution in [3.05, 3.63) is 63.9 Å². The molecule has 0 bridgehead atoms. The minimum absolute atomic E-state index is 0.121. The summed E-state index contributed by atoms with van der Waals surface area (Å²) in [5.74, 6) is -0.238. The molecule has 2 amide bonds. The summed E-state index contributed by atoms with van der Waals surface area (Å²) in [4.78, 5) is 23.6. The van der Waals surface area contributed by atoms with Gasteiger partial charge in [0.1, 0.15) is 11.6 Å². The number of halogens is 2. The van der Waals surface area contributed by atoms with E-state index >= 15 is 0 Å². The molecule has 0 aliphatic carbocycles. The van der Waals surface area contributed by atoms with Gasteiger partial charge in [-0.05, 0) is 54.8 Å². The number of carbonyl (C=O) groups excluding carboxylic acids is 2. The maximum absolute atomic E-state index is 12.8. The second-order valence-corrected chi connectivity index (χ2v) is 6.54. The lowest BCUT2D eigenvalue weighted by Gasteiger charge is -2.11. The Morgan fingerprint density at radius 2 is 1.56 bits per heavy atom. The van der Waals surface area contributed by atoms with Gasteiger partial charge in [-0.1, -0.05) is 23.7 Å². The van der Waals surface area contributed by atoms with Crippen molar-refractivity contribution < 1.29 is 18.7 Å². The summed E-state index contributed by atoms with van der Waals surface area (Å²) in [7, 11) is 0. The fourth-order valence-corrected chi connectivity index (χ4v) is 2.55. The van der Waals surface area contributed by atoms with Gasteiger partial charge in [0.25, 0.3) is 5.91 Å². The van der Waals surface area contributed by atoms with E-state index in [0.29, 0.717) is 17.3 Å². The Labute approximate surface area is 162 Å². The molecule has 0 saturated carbocycles. The number of amides is 2. The summed E-state index contributed by atoms with van der Waals surface area (Å²) in [6, 6.07) is 9.30. The van der Waals surface area contributed by atoms with Crippen LogP contribution in [0.2, 0.25) is 5.02 Å². The topological polar surface area (TPSA) is 67.4 Å². The third kappa shape index (κ3) is 6.90. The normalized spacial score (nSPS) is 10.4. The molecular formula is C20H22ClFN2O3. The molecule has 2 aromatic rings. The number of nitrogens with one attached hydrogen (secondary N) is 2. The smallest absolute Gasteiger partial charge is 0.258 e. The number of benzene rings is 2. The van der Waals surface area contributed by atoms with Crippen molar-refractivity contribution in [2.45, 2.75) is 20.3 Å². The standard InChI is InChI=1S/C20H22ClFN2O3/c1-13-9-17(10-14(2)20(13)21)27-12-19(26)24-8-7-23-18(25)11-15-3-5-16(22)6-4-15/h3-6,9-10H,7-8,11-12H2,1-2H3,(H,23,25)(H,24,26). The van der Waals surface area contributed by atoms with Gasteiger partial charge in [0.2, 0.25) is 5.91 Å². The first kappa shape index (κ1) is 20.7. The molecular weight excluding hydrogens is 371 g/mol. The van der Waals surface area contributed by atoms with E-state index in [1.165, 1.54) is 12.1 Å². The average Bonchev–Trinajstić information content (AvgIpc) is 2.63. The number of hydrogen-bond donors (Lipinski definition) is 2. The lowest BCUT2D eigenvalue weighted by Crippen LogP contribution is -2.37. The Balaban J connectivity index is 1.64. The Hall–Kier alpha value is -2.60.